The number of hydrogen-bond donors (Lipinski definition) is 3. The van der Waals surface area contributed by atoms with Crippen LogP contribution >= 0.6 is 0 Å². The number of carbonyl (C=O) groups excluding carboxylic acids is 3. The summed E-state index contributed by atoms with van der Waals surface area (Å²) in [6.07, 6.45) is -0.698. The Kier molecular flexibility index (Phi) is 3.95. The molecule has 1 fully saturated rings. The molecular formula is C11H18N2O5. The average Bonchev–Trinajstić information content (AvgIpc) is 2.20. The normalized spacial score (nSPS) is 24.4. The second kappa shape index (κ2) is 4.93. The van der Waals surface area contributed by atoms with E-state index in [2.05, 4.69) is 10.6 Å². The third-order valence-electron chi connectivity index (χ3n) is 2.48. The number of amides is 3. The van der Waals surface area contributed by atoms with Gasteiger partial charge in [0.2, 0.25) is 5.91 Å². The number of rotatable bonds is 2. The van der Waals surface area contributed by atoms with Crippen LogP contribution in [0.1, 0.15) is 33.6 Å². The molecule has 0 aliphatic carbocycles. The summed E-state index contributed by atoms with van der Waals surface area (Å²) < 4.78 is 5.02. The first-order valence-corrected chi connectivity index (χ1v) is 5.65. The number of alkyl carbamates (subject to hydrolysis) is 1. The Morgan fingerprint density at radius 3 is 2.56 bits per heavy atom. The summed E-state index contributed by atoms with van der Waals surface area (Å²) in [4.78, 5) is 34.3. The van der Waals surface area contributed by atoms with E-state index in [1.807, 2.05) is 0 Å². The van der Waals surface area contributed by atoms with Gasteiger partial charge in [0.15, 0.2) is 0 Å². The first kappa shape index (κ1) is 14.4. The van der Waals surface area contributed by atoms with Crippen LogP contribution in [0.5, 0.6) is 0 Å². The van der Waals surface area contributed by atoms with Gasteiger partial charge in [-0.25, -0.2) is 4.79 Å². The Bertz CT molecular complexity index is 374. The number of hydrogen-bond acceptors (Lipinski definition) is 5. The van der Waals surface area contributed by atoms with Crippen LogP contribution < -0.4 is 10.6 Å². The van der Waals surface area contributed by atoms with Gasteiger partial charge in [-0.3, -0.25) is 14.9 Å². The fourth-order valence-electron chi connectivity index (χ4n) is 1.56. The summed E-state index contributed by atoms with van der Waals surface area (Å²) in [6.45, 7) is 4.46. The van der Waals surface area contributed by atoms with Crippen molar-refractivity contribution in [2.45, 2.75) is 44.8 Å². The minimum Gasteiger partial charge on any atom is -0.444 e. The van der Waals surface area contributed by atoms with Crippen LogP contribution in [-0.4, -0.2) is 40.8 Å². The topological polar surface area (TPSA) is 105 Å². The lowest BCUT2D eigenvalue weighted by Crippen LogP contribution is -2.65. The molecule has 3 N–H and O–H groups in total. The van der Waals surface area contributed by atoms with Crippen LogP contribution in [-0.2, 0) is 14.3 Å². The van der Waals surface area contributed by atoms with E-state index in [9.17, 15) is 19.5 Å². The summed E-state index contributed by atoms with van der Waals surface area (Å²) in [7, 11) is 0. The molecule has 1 heterocycles. The Balaban J connectivity index is 2.75. The Labute approximate surface area is 105 Å². The lowest BCUT2D eigenvalue weighted by Gasteiger charge is -2.34. The molecule has 0 bridgehead atoms. The molecule has 0 saturated carbocycles. The molecule has 7 nitrogen and oxygen atoms in total. The van der Waals surface area contributed by atoms with Gasteiger partial charge in [0.05, 0.1) is 6.61 Å². The third-order valence-corrected chi connectivity index (χ3v) is 2.48. The molecule has 1 aliphatic rings. The van der Waals surface area contributed by atoms with Crippen molar-refractivity contribution in [3.8, 4) is 0 Å². The third kappa shape index (κ3) is 3.43. The smallest absolute Gasteiger partial charge is 0.408 e. The lowest BCUT2D eigenvalue weighted by molar-refractivity contribution is -0.140. The van der Waals surface area contributed by atoms with Gasteiger partial charge in [-0.05, 0) is 27.2 Å². The predicted octanol–water partition coefficient (Wildman–Crippen LogP) is -0.321. The van der Waals surface area contributed by atoms with Crippen LogP contribution in [0, 0.1) is 0 Å². The van der Waals surface area contributed by atoms with Crippen molar-refractivity contribution in [1.82, 2.24) is 10.6 Å². The van der Waals surface area contributed by atoms with E-state index in [1.54, 1.807) is 20.8 Å². The van der Waals surface area contributed by atoms with Crippen molar-refractivity contribution in [3.63, 3.8) is 0 Å². The highest BCUT2D eigenvalue weighted by atomic mass is 16.6. The number of imide groups is 1. The van der Waals surface area contributed by atoms with E-state index >= 15 is 0 Å². The molecule has 1 saturated heterocycles. The monoisotopic (exact) mass is 258 g/mol. The maximum Gasteiger partial charge on any atom is 0.408 e. The van der Waals surface area contributed by atoms with Crippen molar-refractivity contribution in [3.05, 3.63) is 0 Å². The van der Waals surface area contributed by atoms with Crippen LogP contribution in [0.4, 0.5) is 4.79 Å². The van der Waals surface area contributed by atoms with E-state index in [0.29, 0.717) is 0 Å². The standard InChI is InChI=1S/C11H18N2O5/c1-10(2,3)18-9(17)13-11(6-14)5-4-7(15)12-8(11)16/h14H,4-6H2,1-3H3,(H,13,17)(H,12,15,16). The molecule has 1 rings (SSSR count). The Hall–Kier alpha value is -1.63. The minimum atomic E-state index is -1.49. The average molecular weight is 258 g/mol. The minimum absolute atomic E-state index is 0.0490. The first-order chi connectivity index (χ1) is 8.18. The van der Waals surface area contributed by atoms with Crippen LogP contribution in [0.25, 0.3) is 0 Å². The Morgan fingerprint density at radius 2 is 2.11 bits per heavy atom. The van der Waals surface area contributed by atoms with Crippen molar-refractivity contribution in [1.29, 1.82) is 0 Å². The van der Waals surface area contributed by atoms with Crippen molar-refractivity contribution >= 4 is 17.9 Å². The lowest BCUT2D eigenvalue weighted by atomic mass is 9.90. The second-order valence-corrected chi connectivity index (χ2v) is 5.24. The SMILES string of the molecule is CC(C)(C)OC(=O)NC1(CO)CCC(=O)NC1=O. The molecule has 7 heteroatoms. The van der Waals surface area contributed by atoms with E-state index in [1.165, 1.54) is 0 Å². The van der Waals surface area contributed by atoms with Gasteiger partial charge in [0.1, 0.15) is 11.1 Å². The summed E-state index contributed by atoms with van der Waals surface area (Å²) in [5, 5.41) is 13.7. The maximum absolute atomic E-state index is 11.7. The van der Waals surface area contributed by atoms with Crippen molar-refractivity contribution < 1.29 is 24.2 Å². The molecular weight excluding hydrogens is 240 g/mol. The molecule has 0 spiro atoms. The van der Waals surface area contributed by atoms with Crippen LogP contribution in [0.15, 0.2) is 0 Å². The molecule has 1 aliphatic heterocycles. The number of carbonyl (C=O) groups is 3. The summed E-state index contributed by atoms with van der Waals surface area (Å²) >= 11 is 0. The van der Waals surface area contributed by atoms with Crippen LogP contribution in [0.3, 0.4) is 0 Å². The van der Waals surface area contributed by atoms with Gasteiger partial charge < -0.3 is 15.2 Å². The van der Waals surface area contributed by atoms with Crippen LogP contribution in [0.2, 0.25) is 0 Å². The number of ether oxygens (including phenoxy) is 1. The van der Waals surface area contributed by atoms with E-state index < -0.39 is 35.7 Å². The Morgan fingerprint density at radius 1 is 1.50 bits per heavy atom. The zero-order valence-electron chi connectivity index (χ0n) is 10.7. The molecule has 1 unspecified atom stereocenters. The zero-order chi connectivity index (χ0) is 14.0. The largest absolute Gasteiger partial charge is 0.444 e. The fraction of sp³-hybridized carbons (Fsp3) is 0.727. The fourth-order valence-corrected chi connectivity index (χ4v) is 1.56. The number of aliphatic hydroxyl groups is 1. The summed E-state index contributed by atoms with van der Waals surface area (Å²) in [6, 6.07) is 0. The quantitative estimate of drug-likeness (QED) is 0.589. The highest BCUT2D eigenvalue weighted by molar-refractivity contribution is 6.04. The number of nitrogens with one attached hydrogen (secondary N) is 2. The molecule has 0 radical (unpaired) electrons. The van der Waals surface area contributed by atoms with E-state index in [-0.39, 0.29) is 12.8 Å². The van der Waals surface area contributed by atoms with Gasteiger partial charge in [0, 0.05) is 6.42 Å². The molecule has 0 aromatic heterocycles. The predicted molar refractivity (Wildman–Crippen MR) is 61.6 cm³/mol. The maximum atomic E-state index is 11.7. The van der Waals surface area contributed by atoms with Crippen molar-refractivity contribution in [2.24, 2.45) is 0 Å². The number of aliphatic hydroxyl groups excluding tert-OH is 1. The van der Waals surface area contributed by atoms with Gasteiger partial charge in [-0.15, -0.1) is 0 Å². The number of piperidine rings is 1. The molecule has 102 valence electrons. The van der Waals surface area contributed by atoms with Gasteiger partial charge >= 0.3 is 6.09 Å². The first-order valence-electron chi connectivity index (χ1n) is 5.65. The summed E-state index contributed by atoms with van der Waals surface area (Å²) in [5.41, 5.74) is -2.20. The zero-order valence-corrected chi connectivity index (χ0v) is 10.7. The molecule has 0 aromatic rings. The summed E-state index contributed by atoms with van der Waals surface area (Å²) in [5.74, 6) is -1.14. The molecule has 1 atom stereocenters. The molecule has 0 aromatic carbocycles. The molecule has 3 amide bonds. The van der Waals surface area contributed by atoms with Gasteiger partial charge in [-0.1, -0.05) is 0 Å². The second-order valence-electron chi connectivity index (χ2n) is 5.24. The van der Waals surface area contributed by atoms with E-state index in [4.69, 9.17) is 4.74 Å². The van der Waals surface area contributed by atoms with Gasteiger partial charge in [0.25, 0.3) is 5.91 Å². The van der Waals surface area contributed by atoms with E-state index in [0.717, 1.165) is 0 Å². The van der Waals surface area contributed by atoms with Gasteiger partial charge in [-0.2, -0.15) is 0 Å². The highest BCUT2D eigenvalue weighted by Crippen LogP contribution is 2.18. The highest BCUT2D eigenvalue weighted by Gasteiger charge is 2.44. The molecule has 18 heavy (non-hydrogen) atoms. The van der Waals surface area contributed by atoms with Crippen molar-refractivity contribution in [2.75, 3.05) is 6.61 Å².